The summed E-state index contributed by atoms with van der Waals surface area (Å²) in [6.07, 6.45) is -12.7. The van der Waals surface area contributed by atoms with Gasteiger partial charge in [-0.15, -0.1) is 0 Å². The lowest BCUT2D eigenvalue weighted by Crippen LogP contribution is -2.64. The lowest BCUT2D eigenvalue weighted by Gasteiger charge is -2.47. The van der Waals surface area contributed by atoms with E-state index < -0.39 is 91.9 Å². The SMILES string of the molecule is CO[C@H]1O[C@H](CO[C@@H]2O[C@H](COC(=O)c3ccccc3)[C@@H](OC(=O)c3ccccc3)[C@H](OC(=O)c3ccccc3)[C@H]2OC(=O)c2ccccc2)[C@@H](OCc2ccccc2)[C@H](OCc2ccccc2)[C@@H]1OCc1ccccc1. The van der Waals surface area contributed by atoms with E-state index in [1.165, 1.54) is 7.11 Å². The predicted octanol–water partition coefficient (Wildman–Crippen LogP) is 9.39. The van der Waals surface area contributed by atoms with Crippen molar-refractivity contribution in [2.45, 2.75) is 81.2 Å². The molecule has 2 aliphatic heterocycles. The molecule has 9 rings (SSSR count). The maximum Gasteiger partial charge on any atom is 0.338 e. The van der Waals surface area contributed by atoms with Crippen LogP contribution in [0.15, 0.2) is 212 Å². The molecular formula is C62H58O15. The molecule has 0 aromatic heterocycles. The van der Waals surface area contributed by atoms with Crippen LogP contribution in [-0.4, -0.2) is 106 Å². The van der Waals surface area contributed by atoms with Gasteiger partial charge < -0.3 is 52.1 Å². The second kappa shape index (κ2) is 27.3. The third-order valence-electron chi connectivity index (χ3n) is 12.8. The molecule has 15 nitrogen and oxygen atoms in total. The molecule has 0 amide bonds. The average Bonchev–Trinajstić information content (AvgIpc) is 3.50. The fraction of sp³-hybridized carbons (Fsp3) is 0.258. The Balaban J connectivity index is 1.10. The fourth-order valence-electron chi connectivity index (χ4n) is 8.92. The van der Waals surface area contributed by atoms with Gasteiger partial charge in [0, 0.05) is 7.11 Å². The Bertz CT molecular complexity index is 2920. The molecule has 0 saturated carbocycles. The van der Waals surface area contributed by atoms with E-state index >= 15 is 0 Å². The van der Waals surface area contributed by atoms with Gasteiger partial charge in [0.1, 0.15) is 37.1 Å². The third kappa shape index (κ3) is 14.5. The van der Waals surface area contributed by atoms with Crippen LogP contribution in [0.2, 0.25) is 0 Å². The van der Waals surface area contributed by atoms with Crippen LogP contribution in [0, 0.1) is 0 Å². The van der Waals surface area contributed by atoms with Gasteiger partial charge in [-0.3, -0.25) is 0 Å². The molecule has 2 fully saturated rings. The normalized spacial score (nSPS) is 23.0. The van der Waals surface area contributed by atoms with Gasteiger partial charge in [-0.05, 0) is 65.2 Å². The minimum Gasteiger partial charge on any atom is -0.459 e. The molecule has 396 valence electrons. The van der Waals surface area contributed by atoms with E-state index in [9.17, 15) is 19.2 Å². The first-order valence-corrected chi connectivity index (χ1v) is 25.2. The van der Waals surface area contributed by atoms with E-state index in [4.69, 9.17) is 52.1 Å². The Morgan fingerprint density at radius 3 is 1.10 bits per heavy atom. The Kier molecular flexibility index (Phi) is 19.1. The molecule has 0 spiro atoms. The van der Waals surface area contributed by atoms with Crippen molar-refractivity contribution in [1.82, 2.24) is 0 Å². The van der Waals surface area contributed by atoms with Gasteiger partial charge in [0.15, 0.2) is 30.9 Å². The van der Waals surface area contributed by atoms with Crippen LogP contribution >= 0.6 is 0 Å². The topological polar surface area (TPSA) is 170 Å². The molecule has 0 N–H and O–H groups in total. The van der Waals surface area contributed by atoms with Crippen molar-refractivity contribution in [3.63, 3.8) is 0 Å². The molecule has 15 heteroatoms. The van der Waals surface area contributed by atoms with Gasteiger partial charge in [0.25, 0.3) is 0 Å². The third-order valence-corrected chi connectivity index (χ3v) is 12.8. The monoisotopic (exact) mass is 1040 g/mol. The molecule has 2 aliphatic rings. The Morgan fingerprint density at radius 1 is 0.338 bits per heavy atom. The first-order chi connectivity index (χ1) is 37.8. The summed E-state index contributed by atoms with van der Waals surface area (Å²) < 4.78 is 71.3. The number of hydrogen-bond acceptors (Lipinski definition) is 15. The smallest absolute Gasteiger partial charge is 0.338 e. The highest BCUT2D eigenvalue weighted by Crippen LogP contribution is 2.35. The Hall–Kier alpha value is -7.86. The van der Waals surface area contributed by atoms with Crippen LogP contribution < -0.4 is 0 Å². The van der Waals surface area contributed by atoms with E-state index in [1.807, 2.05) is 91.0 Å². The molecule has 7 aromatic carbocycles. The van der Waals surface area contributed by atoms with Gasteiger partial charge in [0.05, 0.1) is 48.7 Å². The van der Waals surface area contributed by atoms with Gasteiger partial charge in [-0.1, -0.05) is 164 Å². The number of benzene rings is 7. The summed E-state index contributed by atoms with van der Waals surface area (Å²) in [7, 11) is 1.49. The maximum absolute atomic E-state index is 14.3. The maximum atomic E-state index is 14.3. The molecule has 10 atom stereocenters. The number of hydrogen-bond donors (Lipinski definition) is 0. The van der Waals surface area contributed by atoms with Crippen molar-refractivity contribution >= 4 is 23.9 Å². The quantitative estimate of drug-likeness (QED) is 0.0464. The van der Waals surface area contributed by atoms with Crippen molar-refractivity contribution in [2.75, 3.05) is 20.3 Å². The van der Waals surface area contributed by atoms with E-state index in [0.717, 1.165) is 16.7 Å². The number of carbonyl (C=O) groups excluding carboxylic acids is 4. The van der Waals surface area contributed by atoms with Gasteiger partial charge in [0.2, 0.25) is 0 Å². The molecule has 2 heterocycles. The number of carbonyl (C=O) groups is 4. The number of ether oxygens (including phenoxy) is 11. The minimum atomic E-state index is -1.66. The minimum absolute atomic E-state index is 0.123. The van der Waals surface area contributed by atoms with Crippen LogP contribution in [0.4, 0.5) is 0 Å². The van der Waals surface area contributed by atoms with Gasteiger partial charge >= 0.3 is 23.9 Å². The molecule has 0 aliphatic carbocycles. The second-order valence-corrected chi connectivity index (χ2v) is 18.1. The molecule has 2 saturated heterocycles. The second-order valence-electron chi connectivity index (χ2n) is 18.1. The zero-order chi connectivity index (χ0) is 53.2. The molecule has 0 unspecified atom stereocenters. The van der Waals surface area contributed by atoms with E-state index in [1.54, 1.807) is 121 Å². The first kappa shape index (κ1) is 53.9. The van der Waals surface area contributed by atoms with Gasteiger partial charge in [-0.25, -0.2) is 19.2 Å². The van der Waals surface area contributed by atoms with Gasteiger partial charge in [-0.2, -0.15) is 0 Å². The van der Waals surface area contributed by atoms with Crippen LogP contribution in [0.1, 0.15) is 58.1 Å². The van der Waals surface area contributed by atoms with E-state index in [-0.39, 0.29) is 48.7 Å². The number of methoxy groups -OCH3 is 1. The highest BCUT2D eigenvalue weighted by molar-refractivity contribution is 5.91. The van der Waals surface area contributed by atoms with E-state index in [0.29, 0.717) is 0 Å². The lowest BCUT2D eigenvalue weighted by molar-refractivity contribution is -0.340. The van der Waals surface area contributed by atoms with Crippen molar-refractivity contribution < 1.29 is 71.3 Å². The van der Waals surface area contributed by atoms with E-state index in [2.05, 4.69) is 0 Å². The summed E-state index contributed by atoms with van der Waals surface area (Å²) in [6.45, 7) is -0.437. The van der Waals surface area contributed by atoms with Crippen LogP contribution in [0.5, 0.6) is 0 Å². The number of rotatable bonds is 22. The highest BCUT2D eigenvalue weighted by atomic mass is 16.8. The summed E-state index contributed by atoms with van der Waals surface area (Å²) in [5.74, 6) is -3.26. The van der Waals surface area contributed by atoms with Crippen LogP contribution in [0.3, 0.4) is 0 Å². The van der Waals surface area contributed by atoms with Crippen LogP contribution in [0.25, 0.3) is 0 Å². The van der Waals surface area contributed by atoms with Crippen molar-refractivity contribution in [1.29, 1.82) is 0 Å². The Morgan fingerprint density at radius 2 is 0.675 bits per heavy atom. The molecular weight excluding hydrogens is 985 g/mol. The molecule has 0 bridgehead atoms. The largest absolute Gasteiger partial charge is 0.459 e. The zero-order valence-electron chi connectivity index (χ0n) is 42.1. The lowest BCUT2D eigenvalue weighted by atomic mass is 9.96. The molecule has 0 radical (unpaired) electrons. The predicted molar refractivity (Wildman–Crippen MR) is 279 cm³/mol. The fourth-order valence-corrected chi connectivity index (χ4v) is 8.92. The summed E-state index contributed by atoms with van der Waals surface area (Å²) in [5.41, 5.74) is 3.31. The first-order valence-electron chi connectivity index (χ1n) is 25.2. The summed E-state index contributed by atoms with van der Waals surface area (Å²) in [5, 5.41) is 0. The van der Waals surface area contributed by atoms with Crippen LogP contribution in [-0.2, 0) is 71.9 Å². The Labute approximate surface area is 446 Å². The zero-order valence-corrected chi connectivity index (χ0v) is 42.1. The highest BCUT2D eigenvalue weighted by Gasteiger charge is 2.55. The van der Waals surface area contributed by atoms with Crippen molar-refractivity contribution in [3.05, 3.63) is 251 Å². The number of esters is 4. The average molecular weight is 1040 g/mol. The van der Waals surface area contributed by atoms with Crippen molar-refractivity contribution in [2.24, 2.45) is 0 Å². The summed E-state index contributed by atoms with van der Waals surface area (Å²) in [6, 6.07) is 61.6. The summed E-state index contributed by atoms with van der Waals surface area (Å²) >= 11 is 0. The summed E-state index contributed by atoms with van der Waals surface area (Å²) in [4.78, 5) is 56.4. The molecule has 77 heavy (non-hydrogen) atoms. The standard InChI is InChI=1S/C62H58O15/c1-67-61-55(70-39-44-27-13-4-14-28-44)53(69-38-43-25-11-3-12-26-43)51(68-37-42-23-9-2-10-24-42)49(73-61)41-72-62-56(77-60(66)48-35-21-8-22-36-48)54(76-59(65)47-33-19-7-20-34-47)52(75-58(64)46-31-17-6-18-32-46)50(74-62)40-71-57(63)45-29-15-5-16-30-45/h2-36,49-56,61-62H,37-41H2,1H3/t49-,50-,51-,52-,53+,54+,55+,56-,61+,62-/m1/s1. The van der Waals surface area contributed by atoms with Crippen molar-refractivity contribution in [3.8, 4) is 0 Å². The molecule has 7 aromatic rings.